The number of esters is 1. The van der Waals surface area contributed by atoms with Gasteiger partial charge in [0.05, 0.1) is 27.7 Å². The van der Waals surface area contributed by atoms with E-state index in [2.05, 4.69) is 49.5 Å². The van der Waals surface area contributed by atoms with E-state index in [1.54, 1.807) is 0 Å². The van der Waals surface area contributed by atoms with Gasteiger partial charge in [-0.15, -0.1) is 0 Å². The molecule has 0 bridgehead atoms. The van der Waals surface area contributed by atoms with Gasteiger partial charge < -0.3 is 19.2 Å². The number of aliphatic hydroxyl groups is 1. The molecule has 0 spiro atoms. The maximum atomic E-state index is 11.8. The molecule has 0 saturated heterocycles. The molecule has 9 heteroatoms. The van der Waals surface area contributed by atoms with Gasteiger partial charge in [0.1, 0.15) is 25.9 Å². The summed E-state index contributed by atoms with van der Waals surface area (Å²) in [5.74, 6) is -0.428. The molecule has 0 saturated carbocycles. The average Bonchev–Trinajstić information content (AvgIpc) is 2.90. The largest absolute Gasteiger partial charge is 0.472 e. The molecule has 0 radical (unpaired) electrons. The Labute approximate surface area is 250 Å². The molecule has 8 nitrogen and oxygen atoms in total. The molecule has 2 N–H and O–H groups in total. The van der Waals surface area contributed by atoms with E-state index in [-0.39, 0.29) is 19.6 Å². The lowest BCUT2D eigenvalue weighted by atomic mass is 10.1. The van der Waals surface area contributed by atoms with Crippen molar-refractivity contribution in [2.75, 3.05) is 47.5 Å². The van der Waals surface area contributed by atoms with Crippen molar-refractivity contribution >= 4 is 13.8 Å². The molecule has 0 aliphatic heterocycles. The fraction of sp³-hybridized carbons (Fsp3) is 0.719. The predicted octanol–water partition coefficient (Wildman–Crippen LogP) is 7.44. The fourth-order valence-corrected chi connectivity index (χ4v) is 4.34. The lowest BCUT2D eigenvalue weighted by Crippen LogP contribution is -2.37. The van der Waals surface area contributed by atoms with Crippen LogP contribution in [-0.4, -0.2) is 74.1 Å². The molecule has 0 amide bonds. The minimum Gasteiger partial charge on any atom is -0.463 e. The van der Waals surface area contributed by atoms with Crippen molar-refractivity contribution in [3.63, 3.8) is 0 Å². The average molecular weight is 601 g/mol. The number of hydrogen-bond acceptors (Lipinski definition) is 6. The molecule has 0 fully saturated rings. The van der Waals surface area contributed by atoms with Gasteiger partial charge in [-0.05, 0) is 44.9 Å². The van der Waals surface area contributed by atoms with Gasteiger partial charge in [0.15, 0.2) is 0 Å². The lowest BCUT2D eigenvalue weighted by Gasteiger charge is -2.24. The van der Waals surface area contributed by atoms with E-state index in [0.29, 0.717) is 17.4 Å². The van der Waals surface area contributed by atoms with E-state index in [9.17, 15) is 19.4 Å². The number of quaternary nitrogens is 1. The first-order valence-corrected chi connectivity index (χ1v) is 16.9. The summed E-state index contributed by atoms with van der Waals surface area (Å²) in [6, 6.07) is 0. The van der Waals surface area contributed by atoms with Gasteiger partial charge in [-0.3, -0.25) is 13.8 Å². The van der Waals surface area contributed by atoms with Crippen LogP contribution in [0, 0.1) is 0 Å². The third-order valence-electron chi connectivity index (χ3n) is 6.09. The summed E-state index contributed by atoms with van der Waals surface area (Å²) in [5.41, 5.74) is 0. The molecule has 0 aliphatic carbocycles. The highest BCUT2D eigenvalue weighted by Gasteiger charge is 2.24. The van der Waals surface area contributed by atoms with Crippen LogP contribution in [-0.2, 0) is 23.1 Å². The highest BCUT2D eigenvalue weighted by Crippen LogP contribution is 2.43. The van der Waals surface area contributed by atoms with E-state index in [0.717, 1.165) is 25.7 Å². The minimum atomic E-state index is -4.26. The van der Waals surface area contributed by atoms with Gasteiger partial charge in [0.2, 0.25) is 0 Å². The predicted molar refractivity (Wildman–Crippen MR) is 168 cm³/mol. The Morgan fingerprint density at radius 1 is 0.756 bits per heavy atom. The topological polar surface area (TPSA) is 102 Å². The zero-order chi connectivity index (χ0) is 30.7. The standard InChI is InChI=1S/C32H58NO7P/c1-5-6-7-8-9-10-11-12-13-14-15-16-17-18-19-20-21-22-23-24-25-26-32(35)38-29-31(34)30-40-41(36,37)39-28-27-33(2,3)4/h13-14,16-17,19-20,22-23,31,34H,5-12,15,18,21,24-30H2,1-4H3/p+1/b14-13+,17-16+,20-19+,23-22+/t31-/m1/s1. The molecular formula is C32H59NO7P+. The Morgan fingerprint density at radius 3 is 1.83 bits per heavy atom. The van der Waals surface area contributed by atoms with Crippen LogP contribution < -0.4 is 0 Å². The Balaban J connectivity index is 3.69. The van der Waals surface area contributed by atoms with Crippen molar-refractivity contribution in [2.24, 2.45) is 0 Å². The summed E-state index contributed by atoms with van der Waals surface area (Å²) < 4.78 is 27.0. The summed E-state index contributed by atoms with van der Waals surface area (Å²) in [6.07, 6.45) is 31.3. The Kier molecular flexibility index (Phi) is 25.1. The van der Waals surface area contributed by atoms with Gasteiger partial charge >= 0.3 is 13.8 Å². The van der Waals surface area contributed by atoms with Crippen LogP contribution in [0.3, 0.4) is 0 Å². The number of carbonyl (C=O) groups is 1. The van der Waals surface area contributed by atoms with Crippen molar-refractivity contribution < 1.29 is 37.6 Å². The number of carbonyl (C=O) groups excluding carboxylic acids is 1. The first-order chi connectivity index (χ1) is 19.6. The first kappa shape index (κ1) is 39.5. The number of unbranched alkanes of at least 4 members (excludes halogenated alkanes) is 8. The van der Waals surface area contributed by atoms with Crippen LogP contribution in [0.25, 0.3) is 0 Å². The van der Waals surface area contributed by atoms with E-state index < -0.39 is 26.5 Å². The second-order valence-electron chi connectivity index (χ2n) is 11.3. The number of likely N-dealkylation sites (N-methyl/N-ethyl adjacent to an activating group) is 1. The summed E-state index contributed by atoms with van der Waals surface area (Å²) in [6.45, 7) is 2.06. The fourth-order valence-electron chi connectivity index (χ4n) is 3.59. The number of allylic oxidation sites excluding steroid dienone is 8. The Morgan fingerprint density at radius 2 is 1.27 bits per heavy atom. The summed E-state index contributed by atoms with van der Waals surface area (Å²) in [4.78, 5) is 21.5. The summed E-state index contributed by atoms with van der Waals surface area (Å²) >= 11 is 0. The maximum Gasteiger partial charge on any atom is 0.472 e. The molecular weight excluding hydrogens is 541 g/mol. The van der Waals surface area contributed by atoms with Crippen molar-refractivity contribution in [3.05, 3.63) is 48.6 Å². The van der Waals surface area contributed by atoms with Crippen LogP contribution in [0.5, 0.6) is 0 Å². The molecule has 41 heavy (non-hydrogen) atoms. The molecule has 2 atom stereocenters. The minimum absolute atomic E-state index is 0.0436. The van der Waals surface area contributed by atoms with E-state index in [4.69, 9.17) is 13.8 Å². The van der Waals surface area contributed by atoms with Crippen LogP contribution in [0.4, 0.5) is 0 Å². The second-order valence-corrected chi connectivity index (χ2v) is 12.8. The van der Waals surface area contributed by atoms with Crippen LogP contribution in [0.15, 0.2) is 48.6 Å². The van der Waals surface area contributed by atoms with Gasteiger partial charge in [-0.25, -0.2) is 4.57 Å². The number of hydrogen-bond donors (Lipinski definition) is 2. The van der Waals surface area contributed by atoms with Gasteiger partial charge in [0, 0.05) is 6.42 Å². The van der Waals surface area contributed by atoms with Crippen molar-refractivity contribution in [2.45, 2.75) is 103 Å². The smallest absolute Gasteiger partial charge is 0.463 e. The number of nitrogens with zero attached hydrogens (tertiary/aromatic N) is 1. The van der Waals surface area contributed by atoms with Crippen molar-refractivity contribution in [3.8, 4) is 0 Å². The van der Waals surface area contributed by atoms with Gasteiger partial charge in [-0.1, -0.05) is 94.1 Å². The maximum absolute atomic E-state index is 11.8. The molecule has 0 aromatic rings. The zero-order valence-corrected chi connectivity index (χ0v) is 27.1. The number of ether oxygens (including phenoxy) is 1. The van der Waals surface area contributed by atoms with Crippen molar-refractivity contribution in [1.82, 2.24) is 0 Å². The SMILES string of the molecule is CCCCCCCCC/C=C/C/C=C/C/C=C/C/C=C/CCCC(=O)OC[C@@H](O)COP(=O)(O)OCC[N+](C)(C)C. The summed E-state index contributed by atoms with van der Waals surface area (Å²) in [5, 5.41) is 9.84. The summed E-state index contributed by atoms with van der Waals surface area (Å²) in [7, 11) is 1.52. The molecule has 238 valence electrons. The zero-order valence-electron chi connectivity index (χ0n) is 26.3. The van der Waals surface area contributed by atoms with Gasteiger partial charge in [0.25, 0.3) is 0 Å². The number of rotatable bonds is 27. The van der Waals surface area contributed by atoms with E-state index >= 15 is 0 Å². The first-order valence-electron chi connectivity index (χ1n) is 15.4. The van der Waals surface area contributed by atoms with Crippen molar-refractivity contribution in [1.29, 1.82) is 0 Å². The van der Waals surface area contributed by atoms with Gasteiger partial charge in [-0.2, -0.15) is 0 Å². The third kappa shape index (κ3) is 31.2. The highest BCUT2D eigenvalue weighted by atomic mass is 31.2. The molecule has 0 aromatic heterocycles. The van der Waals surface area contributed by atoms with E-state index in [1.165, 1.54) is 51.4 Å². The third-order valence-corrected chi connectivity index (χ3v) is 7.08. The Bertz CT molecular complexity index is 802. The lowest BCUT2D eigenvalue weighted by molar-refractivity contribution is -0.870. The monoisotopic (exact) mass is 600 g/mol. The molecule has 0 heterocycles. The van der Waals surface area contributed by atoms with Crippen LogP contribution >= 0.6 is 7.82 Å². The molecule has 1 unspecified atom stereocenters. The Hall–Kier alpha value is -1.54. The number of aliphatic hydroxyl groups excluding tert-OH is 1. The molecule has 0 aliphatic rings. The van der Waals surface area contributed by atoms with Crippen LogP contribution in [0.1, 0.15) is 96.8 Å². The number of phosphoric acid groups is 1. The van der Waals surface area contributed by atoms with E-state index in [1.807, 2.05) is 27.2 Å². The normalized spacial score (nSPS) is 15.0. The highest BCUT2D eigenvalue weighted by molar-refractivity contribution is 7.47. The number of phosphoric ester groups is 1. The quantitative estimate of drug-likeness (QED) is 0.0332. The molecule has 0 aromatic carbocycles. The second kappa shape index (κ2) is 26.1. The molecule has 0 rings (SSSR count). The van der Waals surface area contributed by atoms with Crippen LogP contribution in [0.2, 0.25) is 0 Å².